The second kappa shape index (κ2) is 6.93. The van der Waals surface area contributed by atoms with Crippen LogP contribution in [0.1, 0.15) is 29.8 Å². The van der Waals surface area contributed by atoms with Gasteiger partial charge in [-0.25, -0.2) is 0 Å². The van der Waals surface area contributed by atoms with Crippen molar-refractivity contribution in [3.8, 4) is 5.75 Å². The molecule has 1 amide bonds. The molecule has 2 rings (SSSR count). The number of aryl methyl sites for hydroxylation is 1. The van der Waals surface area contributed by atoms with Crippen LogP contribution in [0.5, 0.6) is 5.75 Å². The number of anilines is 1. The maximum absolute atomic E-state index is 12.3. The molecule has 2 aromatic carbocycles. The molecule has 0 unspecified atom stereocenters. The fraction of sp³-hybridized carbons (Fsp3) is 0.235. The highest BCUT2D eigenvalue weighted by atomic mass is 127. The molecule has 0 aliphatic rings. The van der Waals surface area contributed by atoms with Crippen LogP contribution < -0.4 is 10.1 Å². The van der Waals surface area contributed by atoms with E-state index in [0.29, 0.717) is 5.56 Å². The van der Waals surface area contributed by atoms with Crippen molar-refractivity contribution in [2.75, 3.05) is 5.32 Å². The molecular formula is C17H18INO2. The lowest BCUT2D eigenvalue weighted by molar-refractivity contribution is 0.102. The summed E-state index contributed by atoms with van der Waals surface area (Å²) in [5.74, 6) is 0.635. The standard InChI is InChI=1S/C17H18INO2/c1-11(2)21-15-6-4-5-14(10-15)19-17(20)13-8-7-12(3)16(18)9-13/h4-11H,1-3H3,(H,19,20). The maximum atomic E-state index is 12.3. The van der Waals surface area contributed by atoms with Crippen LogP contribution in [0.4, 0.5) is 5.69 Å². The fourth-order valence-corrected chi connectivity index (χ4v) is 2.37. The van der Waals surface area contributed by atoms with Crippen LogP contribution in [-0.2, 0) is 0 Å². The SMILES string of the molecule is Cc1ccc(C(=O)Nc2cccc(OC(C)C)c2)cc1I. The molecule has 4 heteroatoms. The van der Waals surface area contributed by atoms with Crippen LogP contribution in [0.15, 0.2) is 42.5 Å². The zero-order valence-electron chi connectivity index (χ0n) is 12.3. The lowest BCUT2D eigenvalue weighted by atomic mass is 10.1. The Morgan fingerprint density at radius 3 is 2.62 bits per heavy atom. The molecule has 0 aliphatic heterocycles. The Bertz CT molecular complexity index is 653. The number of hydrogen-bond acceptors (Lipinski definition) is 2. The predicted octanol–water partition coefficient (Wildman–Crippen LogP) is 4.64. The molecule has 110 valence electrons. The van der Waals surface area contributed by atoms with E-state index in [1.807, 2.05) is 63.2 Å². The van der Waals surface area contributed by atoms with Crippen LogP contribution in [0, 0.1) is 10.5 Å². The summed E-state index contributed by atoms with van der Waals surface area (Å²) in [6.07, 6.45) is 0.106. The highest BCUT2D eigenvalue weighted by Gasteiger charge is 2.08. The summed E-state index contributed by atoms with van der Waals surface area (Å²) in [5.41, 5.74) is 2.55. The Morgan fingerprint density at radius 2 is 1.95 bits per heavy atom. The molecule has 3 nitrogen and oxygen atoms in total. The van der Waals surface area contributed by atoms with Gasteiger partial charge < -0.3 is 10.1 Å². The van der Waals surface area contributed by atoms with Crippen molar-refractivity contribution in [3.05, 3.63) is 57.2 Å². The number of amides is 1. The summed E-state index contributed by atoms with van der Waals surface area (Å²) in [5, 5.41) is 2.90. The molecule has 0 radical (unpaired) electrons. The number of carbonyl (C=O) groups is 1. The third-order valence-corrected chi connectivity index (χ3v) is 4.06. The van der Waals surface area contributed by atoms with E-state index < -0.39 is 0 Å². The monoisotopic (exact) mass is 395 g/mol. The molecule has 0 saturated heterocycles. The summed E-state index contributed by atoms with van der Waals surface area (Å²) in [6.45, 7) is 5.97. The number of ether oxygens (including phenoxy) is 1. The van der Waals surface area contributed by atoms with Gasteiger partial charge in [-0.15, -0.1) is 0 Å². The van der Waals surface area contributed by atoms with Crippen molar-refractivity contribution in [1.82, 2.24) is 0 Å². The van der Waals surface area contributed by atoms with Gasteiger partial charge in [0.15, 0.2) is 0 Å². The summed E-state index contributed by atoms with van der Waals surface area (Å²) in [6, 6.07) is 13.1. The van der Waals surface area contributed by atoms with Gasteiger partial charge in [-0.3, -0.25) is 4.79 Å². The molecule has 0 fully saturated rings. The Hall–Kier alpha value is -1.56. The second-order valence-electron chi connectivity index (χ2n) is 5.11. The average Bonchev–Trinajstić information content (AvgIpc) is 2.41. The van der Waals surface area contributed by atoms with Gasteiger partial charge in [-0.05, 0) is 73.2 Å². The molecule has 1 N–H and O–H groups in total. The summed E-state index contributed by atoms with van der Waals surface area (Å²) < 4.78 is 6.71. The van der Waals surface area contributed by atoms with Crippen molar-refractivity contribution in [3.63, 3.8) is 0 Å². The predicted molar refractivity (Wildman–Crippen MR) is 94.1 cm³/mol. The van der Waals surface area contributed by atoms with Crippen LogP contribution in [0.3, 0.4) is 0 Å². The van der Waals surface area contributed by atoms with E-state index in [0.717, 1.165) is 15.0 Å². The number of carbonyl (C=O) groups excluding carboxylic acids is 1. The first-order valence-electron chi connectivity index (χ1n) is 6.80. The molecule has 21 heavy (non-hydrogen) atoms. The van der Waals surface area contributed by atoms with Gasteiger partial charge in [0.1, 0.15) is 5.75 Å². The largest absolute Gasteiger partial charge is 0.491 e. The second-order valence-corrected chi connectivity index (χ2v) is 6.27. The quantitative estimate of drug-likeness (QED) is 0.767. The van der Waals surface area contributed by atoms with Crippen molar-refractivity contribution >= 4 is 34.2 Å². The van der Waals surface area contributed by atoms with Gasteiger partial charge in [0.25, 0.3) is 5.91 Å². The van der Waals surface area contributed by atoms with Gasteiger partial charge in [0, 0.05) is 20.9 Å². The van der Waals surface area contributed by atoms with E-state index in [4.69, 9.17) is 4.74 Å². The van der Waals surface area contributed by atoms with Gasteiger partial charge in [0.2, 0.25) is 0 Å². The smallest absolute Gasteiger partial charge is 0.255 e. The van der Waals surface area contributed by atoms with Crippen molar-refractivity contribution in [1.29, 1.82) is 0 Å². The lowest BCUT2D eigenvalue weighted by Gasteiger charge is -2.11. The van der Waals surface area contributed by atoms with Crippen molar-refractivity contribution < 1.29 is 9.53 Å². The summed E-state index contributed by atoms with van der Waals surface area (Å²) >= 11 is 2.23. The molecule has 0 atom stereocenters. The van der Waals surface area contributed by atoms with Crippen LogP contribution in [0.2, 0.25) is 0 Å². The first-order chi connectivity index (χ1) is 9.95. The highest BCUT2D eigenvalue weighted by molar-refractivity contribution is 14.1. The van der Waals surface area contributed by atoms with E-state index in [-0.39, 0.29) is 12.0 Å². The van der Waals surface area contributed by atoms with E-state index in [1.54, 1.807) is 0 Å². The average molecular weight is 395 g/mol. The highest BCUT2D eigenvalue weighted by Crippen LogP contribution is 2.20. The van der Waals surface area contributed by atoms with E-state index in [2.05, 4.69) is 27.9 Å². The van der Waals surface area contributed by atoms with E-state index in [9.17, 15) is 4.79 Å². The number of hydrogen-bond donors (Lipinski definition) is 1. The number of benzene rings is 2. The third kappa shape index (κ3) is 4.46. The first-order valence-corrected chi connectivity index (χ1v) is 7.88. The Labute approximate surface area is 138 Å². The van der Waals surface area contributed by atoms with Crippen LogP contribution in [-0.4, -0.2) is 12.0 Å². The molecular weight excluding hydrogens is 377 g/mol. The van der Waals surface area contributed by atoms with Crippen LogP contribution >= 0.6 is 22.6 Å². The molecule has 0 bridgehead atoms. The molecule has 0 aliphatic carbocycles. The molecule has 0 heterocycles. The van der Waals surface area contributed by atoms with Gasteiger partial charge in [-0.1, -0.05) is 12.1 Å². The van der Waals surface area contributed by atoms with Crippen molar-refractivity contribution in [2.24, 2.45) is 0 Å². The fourth-order valence-electron chi connectivity index (χ4n) is 1.86. The Kier molecular flexibility index (Phi) is 5.22. The van der Waals surface area contributed by atoms with Gasteiger partial charge >= 0.3 is 0 Å². The minimum atomic E-state index is -0.116. The summed E-state index contributed by atoms with van der Waals surface area (Å²) in [4.78, 5) is 12.3. The molecule has 2 aromatic rings. The van der Waals surface area contributed by atoms with E-state index >= 15 is 0 Å². The number of halogens is 1. The van der Waals surface area contributed by atoms with Gasteiger partial charge in [-0.2, -0.15) is 0 Å². The topological polar surface area (TPSA) is 38.3 Å². The van der Waals surface area contributed by atoms with Gasteiger partial charge in [0.05, 0.1) is 6.10 Å². The van der Waals surface area contributed by atoms with Crippen LogP contribution in [0.25, 0.3) is 0 Å². The molecule has 0 spiro atoms. The van der Waals surface area contributed by atoms with Crippen molar-refractivity contribution in [2.45, 2.75) is 26.9 Å². The molecule has 0 saturated carbocycles. The minimum absolute atomic E-state index is 0.106. The van der Waals surface area contributed by atoms with E-state index in [1.165, 1.54) is 5.56 Å². The lowest BCUT2D eigenvalue weighted by Crippen LogP contribution is -2.12. The third-order valence-electron chi connectivity index (χ3n) is 2.90. The Morgan fingerprint density at radius 1 is 1.19 bits per heavy atom. The normalized spacial score (nSPS) is 10.5. The zero-order valence-corrected chi connectivity index (χ0v) is 14.5. The summed E-state index contributed by atoms with van der Waals surface area (Å²) in [7, 11) is 0. The first kappa shape index (κ1) is 15.8. The number of nitrogens with one attached hydrogen (secondary N) is 1. The minimum Gasteiger partial charge on any atom is -0.491 e. The number of rotatable bonds is 4. The zero-order chi connectivity index (χ0) is 15.4. The molecule has 0 aromatic heterocycles. The maximum Gasteiger partial charge on any atom is 0.255 e. The Balaban J connectivity index is 2.13.